The molecule has 3 nitrogen and oxygen atoms in total. The second kappa shape index (κ2) is 6.38. The number of rotatable bonds is 4. The highest BCUT2D eigenvalue weighted by Crippen LogP contribution is 2.23. The Morgan fingerprint density at radius 2 is 2.38 bits per heavy atom. The number of ether oxygens (including phenoxy) is 1. The molecule has 1 heterocycles. The third-order valence-electron chi connectivity index (χ3n) is 3.52. The summed E-state index contributed by atoms with van der Waals surface area (Å²) < 4.78 is 5.39. The van der Waals surface area contributed by atoms with E-state index in [1.165, 1.54) is 18.4 Å². The zero-order valence-electron chi connectivity index (χ0n) is 9.95. The maximum absolute atomic E-state index is 9.57. The average Bonchev–Trinajstić information content (AvgIpc) is 2.30. The van der Waals surface area contributed by atoms with Gasteiger partial charge in [0.1, 0.15) is 0 Å². The minimum Gasteiger partial charge on any atom is -0.393 e. The molecule has 0 saturated heterocycles. The van der Waals surface area contributed by atoms with E-state index in [2.05, 4.69) is 11.4 Å². The van der Waals surface area contributed by atoms with Gasteiger partial charge in [-0.2, -0.15) is 0 Å². The lowest BCUT2D eigenvalue weighted by molar-refractivity contribution is 0.101. The number of aliphatic hydroxyl groups excluding tert-OH is 1. The molecule has 0 bridgehead atoms. The standard InChI is InChI=1S/C13H23NO2/c15-13-5-1-3-11(7-13)8-14-9-12-4-2-6-16-10-12/h4,11,13-15H,1-3,5-10H2. The lowest BCUT2D eigenvalue weighted by atomic mass is 9.87. The minimum atomic E-state index is -0.0576. The summed E-state index contributed by atoms with van der Waals surface area (Å²) in [7, 11) is 0. The van der Waals surface area contributed by atoms with Gasteiger partial charge in [0.2, 0.25) is 0 Å². The molecular weight excluding hydrogens is 202 g/mol. The minimum absolute atomic E-state index is 0.0576. The molecule has 0 amide bonds. The smallest absolute Gasteiger partial charge is 0.0689 e. The first-order valence-electron chi connectivity index (χ1n) is 6.49. The van der Waals surface area contributed by atoms with Gasteiger partial charge in [-0.1, -0.05) is 12.5 Å². The molecule has 92 valence electrons. The SMILES string of the molecule is OC1CCCC(CNCC2=CCCOC2)C1. The highest BCUT2D eigenvalue weighted by Gasteiger charge is 2.19. The van der Waals surface area contributed by atoms with Gasteiger partial charge in [0.05, 0.1) is 19.3 Å². The van der Waals surface area contributed by atoms with Gasteiger partial charge < -0.3 is 15.2 Å². The Kier molecular flexibility index (Phi) is 4.82. The summed E-state index contributed by atoms with van der Waals surface area (Å²) in [5.74, 6) is 0.661. The normalized spacial score (nSPS) is 31.2. The highest BCUT2D eigenvalue weighted by molar-refractivity contribution is 5.06. The molecule has 0 radical (unpaired) electrons. The highest BCUT2D eigenvalue weighted by atomic mass is 16.5. The number of hydrogen-bond donors (Lipinski definition) is 2. The van der Waals surface area contributed by atoms with Crippen LogP contribution in [-0.2, 0) is 4.74 Å². The quantitative estimate of drug-likeness (QED) is 0.712. The van der Waals surface area contributed by atoms with Crippen molar-refractivity contribution < 1.29 is 9.84 Å². The van der Waals surface area contributed by atoms with Crippen LogP contribution < -0.4 is 5.32 Å². The molecule has 2 N–H and O–H groups in total. The van der Waals surface area contributed by atoms with Gasteiger partial charge in [0.15, 0.2) is 0 Å². The third-order valence-corrected chi connectivity index (χ3v) is 3.52. The molecule has 0 aromatic rings. The molecule has 2 rings (SSSR count). The zero-order valence-corrected chi connectivity index (χ0v) is 9.95. The van der Waals surface area contributed by atoms with Crippen LogP contribution in [0.15, 0.2) is 11.6 Å². The molecule has 2 unspecified atom stereocenters. The van der Waals surface area contributed by atoms with Crippen molar-refractivity contribution in [2.24, 2.45) is 5.92 Å². The summed E-state index contributed by atoms with van der Waals surface area (Å²) >= 11 is 0. The van der Waals surface area contributed by atoms with Crippen LogP contribution in [0.4, 0.5) is 0 Å². The first-order valence-corrected chi connectivity index (χ1v) is 6.49. The summed E-state index contributed by atoms with van der Waals surface area (Å²) in [6.45, 7) is 3.65. The molecule has 2 atom stereocenters. The lowest BCUT2D eigenvalue weighted by Crippen LogP contribution is -2.31. The maximum Gasteiger partial charge on any atom is 0.0689 e. The monoisotopic (exact) mass is 225 g/mol. The summed E-state index contributed by atoms with van der Waals surface area (Å²) in [6.07, 6.45) is 7.69. The lowest BCUT2D eigenvalue weighted by Gasteiger charge is -2.26. The van der Waals surface area contributed by atoms with E-state index in [1.54, 1.807) is 0 Å². The van der Waals surface area contributed by atoms with Crippen molar-refractivity contribution in [3.63, 3.8) is 0 Å². The van der Waals surface area contributed by atoms with Crippen molar-refractivity contribution >= 4 is 0 Å². The van der Waals surface area contributed by atoms with Crippen molar-refractivity contribution in [3.05, 3.63) is 11.6 Å². The zero-order chi connectivity index (χ0) is 11.2. The Morgan fingerprint density at radius 1 is 1.44 bits per heavy atom. The molecule has 0 aromatic carbocycles. The summed E-state index contributed by atoms with van der Waals surface area (Å²) in [6, 6.07) is 0. The predicted octanol–water partition coefficient (Wildman–Crippen LogP) is 1.47. The van der Waals surface area contributed by atoms with Crippen molar-refractivity contribution in [1.29, 1.82) is 0 Å². The number of aliphatic hydroxyl groups is 1. The van der Waals surface area contributed by atoms with Crippen molar-refractivity contribution in [2.75, 3.05) is 26.3 Å². The largest absolute Gasteiger partial charge is 0.393 e. The second-order valence-electron chi connectivity index (χ2n) is 5.02. The molecule has 0 spiro atoms. The summed E-state index contributed by atoms with van der Waals surface area (Å²) in [5, 5.41) is 13.1. The number of nitrogens with one attached hydrogen (secondary N) is 1. The topological polar surface area (TPSA) is 41.5 Å². The van der Waals surface area contributed by atoms with Gasteiger partial charge in [-0.25, -0.2) is 0 Å². The van der Waals surface area contributed by atoms with Crippen molar-refractivity contribution in [2.45, 2.75) is 38.2 Å². The van der Waals surface area contributed by atoms with Crippen LogP contribution in [0.2, 0.25) is 0 Å². The molecule has 1 aliphatic heterocycles. The summed E-state index contributed by atoms with van der Waals surface area (Å²) in [4.78, 5) is 0. The molecule has 16 heavy (non-hydrogen) atoms. The fourth-order valence-electron chi connectivity index (χ4n) is 2.62. The van der Waals surface area contributed by atoms with Gasteiger partial charge in [0.25, 0.3) is 0 Å². The van der Waals surface area contributed by atoms with E-state index in [-0.39, 0.29) is 6.10 Å². The molecular formula is C13H23NO2. The first kappa shape index (κ1) is 12.1. The van der Waals surface area contributed by atoms with E-state index >= 15 is 0 Å². The maximum atomic E-state index is 9.57. The average molecular weight is 225 g/mol. The van der Waals surface area contributed by atoms with Crippen LogP contribution in [-0.4, -0.2) is 37.5 Å². The molecule has 1 fully saturated rings. The van der Waals surface area contributed by atoms with E-state index in [0.29, 0.717) is 5.92 Å². The first-order chi connectivity index (χ1) is 7.84. The van der Waals surface area contributed by atoms with E-state index in [9.17, 15) is 5.11 Å². The predicted molar refractivity (Wildman–Crippen MR) is 64.4 cm³/mol. The Bertz CT molecular complexity index is 240. The van der Waals surface area contributed by atoms with E-state index in [0.717, 1.165) is 45.6 Å². The fourth-order valence-corrected chi connectivity index (χ4v) is 2.62. The van der Waals surface area contributed by atoms with Gasteiger partial charge in [-0.15, -0.1) is 0 Å². The van der Waals surface area contributed by atoms with Crippen LogP contribution in [0, 0.1) is 5.92 Å². The Labute approximate surface area is 97.9 Å². The van der Waals surface area contributed by atoms with Gasteiger partial charge >= 0.3 is 0 Å². The van der Waals surface area contributed by atoms with E-state index in [1.807, 2.05) is 0 Å². The van der Waals surface area contributed by atoms with Crippen LogP contribution in [0.5, 0.6) is 0 Å². The fraction of sp³-hybridized carbons (Fsp3) is 0.846. The van der Waals surface area contributed by atoms with Gasteiger partial charge in [-0.05, 0) is 43.7 Å². The molecule has 1 aliphatic carbocycles. The summed E-state index contributed by atoms with van der Waals surface area (Å²) in [5.41, 5.74) is 1.38. The van der Waals surface area contributed by atoms with Crippen LogP contribution in [0.3, 0.4) is 0 Å². The van der Waals surface area contributed by atoms with Crippen LogP contribution in [0.1, 0.15) is 32.1 Å². The Hall–Kier alpha value is -0.380. The van der Waals surface area contributed by atoms with E-state index < -0.39 is 0 Å². The molecule has 2 aliphatic rings. The Morgan fingerprint density at radius 3 is 3.12 bits per heavy atom. The second-order valence-corrected chi connectivity index (χ2v) is 5.02. The molecule has 1 saturated carbocycles. The van der Waals surface area contributed by atoms with Gasteiger partial charge in [-0.3, -0.25) is 0 Å². The number of hydrogen-bond acceptors (Lipinski definition) is 3. The van der Waals surface area contributed by atoms with Crippen LogP contribution >= 0.6 is 0 Å². The van der Waals surface area contributed by atoms with E-state index in [4.69, 9.17) is 4.74 Å². The third kappa shape index (κ3) is 3.89. The van der Waals surface area contributed by atoms with Crippen molar-refractivity contribution in [1.82, 2.24) is 5.32 Å². The Balaban J connectivity index is 1.61. The van der Waals surface area contributed by atoms with Gasteiger partial charge in [0, 0.05) is 6.54 Å². The van der Waals surface area contributed by atoms with Crippen LogP contribution in [0.25, 0.3) is 0 Å². The van der Waals surface area contributed by atoms with Crippen molar-refractivity contribution in [3.8, 4) is 0 Å². The molecule has 0 aromatic heterocycles. The molecule has 3 heteroatoms.